The van der Waals surface area contributed by atoms with Crippen LogP contribution in [0.4, 0.5) is 0 Å². The van der Waals surface area contributed by atoms with Crippen LogP contribution in [-0.2, 0) is 31.9 Å². The third kappa shape index (κ3) is 6.01. The van der Waals surface area contributed by atoms with Gasteiger partial charge in [0.1, 0.15) is 35.6 Å². The maximum atomic E-state index is 14.9. The number of aryl methyl sites for hydroxylation is 2. The largest absolute Gasteiger partial charge is 0.458 e. The van der Waals surface area contributed by atoms with Crippen molar-refractivity contribution in [3.8, 4) is 0 Å². The SMILES string of the molecule is CCCCCCCCCCCC(=O)O[C@@]12C[C@@H](C)[C@]34C=C(C)[C@H](O)[C@@]3(O)[C@H](O)C(COC(=O)c3c(CC)noc3CC)=C[C@H](C4=O)[C@@H]1C2(C)C. The van der Waals surface area contributed by atoms with E-state index >= 15 is 0 Å². The Morgan fingerprint density at radius 1 is 0.980 bits per heavy atom. The molecule has 0 amide bonds. The molecular weight excluding hydrogens is 638 g/mol. The number of esters is 2. The summed E-state index contributed by atoms with van der Waals surface area (Å²) in [6.45, 7) is 12.9. The molecule has 5 rings (SSSR count). The number of allylic oxidation sites excluding steroid dienone is 1. The van der Waals surface area contributed by atoms with Crippen LogP contribution in [0.5, 0.6) is 0 Å². The Morgan fingerprint density at radius 2 is 1.62 bits per heavy atom. The van der Waals surface area contributed by atoms with Crippen LogP contribution < -0.4 is 0 Å². The number of aliphatic hydroxyl groups excluding tert-OH is 2. The van der Waals surface area contributed by atoms with Crippen LogP contribution in [0.25, 0.3) is 0 Å². The van der Waals surface area contributed by atoms with Crippen molar-refractivity contribution in [3.05, 3.63) is 40.3 Å². The van der Waals surface area contributed by atoms with Crippen LogP contribution in [0.1, 0.15) is 141 Å². The van der Waals surface area contributed by atoms with Gasteiger partial charge in [0.15, 0.2) is 11.5 Å². The molecule has 0 saturated heterocycles. The van der Waals surface area contributed by atoms with Crippen LogP contribution in [0.2, 0.25) is 0 Å². The molecule has 1 aromatic heterocycles. The summed E-state index contributed by atoms with van der Waals surface area (Å²) >= 11 is 0. The summed E-state index contributed by atoms with van der Waals surface area (Å²) < 4.78 is 17.5. The number of hydrogen-bond donors (Lipinski definition) is 3. The van der Waals surface area contributed by atoms with E-state index in [9.17, 15) is 29.7 Å². The van der Waals surface area contributed by atoms with Gasteiger partial charge in [0.05, 0.1) is 11.1 Å². The highest BCUT2D eigenvalue weighted by atomic mass is 16.6. The third-order valence-electron chi connectivity index (χ3n) is 12.7. The fourth-order valence-electron chi connectivity index (χ4n) is 9.85. The lowest BCUT2D eigenvalue weighted by molar-refractivity contribution is -0.191. The molecule has 1 heterocycles. The normalized spacial score (nSPS) is 33.8. The van der Waals surface area contributed by atoms with Gasteiger partial charge in [-0.2, -0.15) is 0 Å². The fraction of sp³-hybridized carbons (Fsp3) is 0.750. The molecule has 8 atom stereocenters. The van der Waals surface area contributed by atoms with Gasteiger partial charge in [0, 0.05) is 30.1 Å². The van der Waals surface area contributed by atoms with Crippen molar-refractivity contribution in [2.75, 3.05) is 6.61 Å². The number of hydrogen-bond acceptors (Lipinski definition) is 10. The number of ether oxygens (including phenoxy) is 2. The second-order valence-electron chi connectivity index (χ2n) is 16.0. The van der Waals surface area contributed by atoms with Crippen molar-refractivity contribution in [1.29, 1.82) is 0 Å². The summed E-state index contributed by atoms with van der Waals surface area (Å²) in [6.07, 6.45) is 11.6. The predicted octanol–water partition coefficient (Wildman–Crippen LogP) is 6.38. The van der Waals surface area contributed by atoms with Crippen LogP contribution in [0, 0.1) is 28.6 Å². The van der Waals surface area contributed by atoms with Gasteiger partial charge < -0.3 is 29.3 Å². The van der Waals surface area contributed by atoms with E-state index in [4.69, 9.17) is 14.0 Å². The standard InChI is InChI=1S/C40H59NO9/c1-8-11-12-13-14-15-16-17-18-19-30(42)49-39-22-25(5)38-21-24(4)33(43)40(38,47)34(44)26(20-27(35(38)45)32(39)37(39,6)7)23-48-36(46)31-28(9-2)41-50-29(31)10-3/h20-21,25,27,32-34,43-44,47H,8-19,22-23H2,1-7H3/t25-,27+,32-,33+,34-,38+,39+,40-/m1/s1. The maximum Gasteiger partial charge on any atom is 0.344 e. The first-order valence-electron chi connectivity index (χ1n) is 19.1. The van der Waals surface area contributed by atoms with Crippen LogP contribution in [-0.4, -0.2) is 68.2 Å². The van der Waals surface area contributed by atoms with Gasteiger partial charge >= 0.3 is 11.9 Å². The number of fused-ring (bicyclic) bond motifs is 3. The molecule has 4 aliphatic rings. The highest BCUT2D eigenvalue weighted by molar-refractivity contribution is 5.96. The van der Waals surface area contributed by atoms with Crippen LogP contribution in [0.15, 0.2) is 27.8 Å². The summed E-state index contributed by atoms with van der Waals surface area (Å²) in [4.78, 5) is 41.8. The van der Waals surface area contributed by atoms with Gasteiger partial charge in [-0.3, -0.25) is 9.59 Å². The van der Waals surface area contributed by atoms with E-state index in [0.717, 1.165) is 25.7 Å². The lowest BCUT2D eigenvalue weighted by atomic mass is 9.59. The molecule has 0 aromatic carbocycles. The summed E-state index contributed by atoms with van der Waals surface area (Å²) in [7, 11) is 0. The highest BCUT2D eigenvalue weighted by Crippen LogP contribution is 2.75. The third-order valence-corrected chi connectivity index (χ3v) is 12.7. The van der Waals surface area contributed by atoms with E-state index in [-0.39, 0.29) is 35.7 Å². The highest BCUT2D eigenvalue weighted by Gasteiger charge is 2.83. The quantitative estimate of drug-likeness (QED) is 0.101. The molecule has 1 spiro atoms. The lowest BCUT2D eigenvalue weighted by Crippen LogP contribution is -2.65. The van der Waals surface area contributed by atoms with Gasteiger partial charge in [-0.1, -0.05) is 110 Å². The summed E-state index contributed by atoms with van der Waals surface area (Å²) in [6, 6.07) is 0. The Bertz CT molecular complexity index is 1490. The van der Waals surface area contributed by atoms with Gasteiger partial charge in [0.25, 0.3) is 0 Å². The lowest BCUT2D eigenvalue weighted by Gasteiger charge is -2.48. The number of unbranched alkanes of at least 4 members (excludes halogenated alkanes) is 8. The number of aromatic nitrogens is 1. The zero-order chi connectivity index (χ0) is 36.6. The van der Waals surface area contributed by atoms with Crippen molar-refractivity contribution in [3.63, 3.8) is 0 Å². The molecule has 4 aliphatic carbocycles. The molecular formula is C40H59NO9. The van der Waals surface area contributed by atoms with Gasteiger partial charge in [-0.25, -0.2) is 4.79 Å². The zero-order valence-electron chi connectivity index (χ0n) is 31.2. The number of nitrogens with zero attached hydrogens (tertiary/aromatic N) is 1. The van der Waals surface area contributed by atoms with Crippen molar-refractivity contribution >= 4 is 17.7 Å². The molecule has 278 valence electrons. The summed E-state index contributed by atoms with van der Waals surface area (Å²) in [5.41, 5.74) is -4.40. The predicted molar refractivity (Wildman–Crippen MR) is 187 cm³/mol. The van der Waals surface area contributed by atoms with E-state index in [1.165, 1.54) is 32.1 Å². The number of carbonyl (C=O) groups excluding carboxylic acids is 3. The van der Waals surface area contributed by atoms with Crippen LogP contribution in [0.3, 0.4) is 0 Å². The molecule has 0 aliphatic heterocycles. The van der Waals surface area contributed by atoms with Gasteiger partial charge in [-0.05, 0) is 43.3 Å². The molecule has 2 bridgehead atoms. The number of ketones is 1. The monoisotopic (exact) mass is 697 g/mol. The maximum absolute atomic E-state index is 14.9. The molecule has 10 heteroatoms. The molecule has 50 heavy (non-hydrogen) atoms. The number of aliphatic hydroxyl groups is 3. The minimum atomic E-state index is -2.33. The Balaban J connectivity index is 1.41. The fourth-order valence-corrected chi connectivity index (χ4v) is 9.85. The van der Waals surface area contributed by atoms with Gasteiger partial charge in [-0.15, -0.1) is 0 Å². The molecule has 0 unspecified atom stereocenters. The van der Waals surface area contributed by atoms with E-state index in [1.54, 1.807) is 19.1 Å². The number of rotatable bonds is 16. The van der Waals surface area contributed by atoms with Crippen molar-refractivity contribution in [1.82, 2.24) is 5.16 Å². The molecule has 0 radical (unpaired) electrons. The molecule has 10 nitrogen and oxygen atoms in total. The Morgan fingerprint density at radius 3 is 2.24 bits per heavy atom. The molecule has 2 saturated carbocycles. The van der Waals surface area contributed by atoms with Crippen molar-refractivity contribution < 1.29 is 43.7 Å². The molecule has 1 aromatic rings. The Hall–Kier alpha value is -2.82. The average Bonchev–Trinajstić information content (AvgIpc) is 3.31. The molecule has 3 N–H and O–H groups in total. The second kappa shape index (κ2) is 14.7. The van der Waals surface area contributed by atoms with Gasteiger partial charge in [0.2, 0.25) is 0 Å². The average molecular weight is 698 g/mol. The minimum Gasteiger partial charge on any atom is -0.458 e. The number of Topliss-reactive ketones (excluding diaryl/α,β-unsaturated/α-hetero) is 1. The Kier molecular flexibility index (Phi) is 11.3. The van der Waals surface area contributed by atoms with Crippen LogP contribution >= 0.6 is 0 Å². The summed E-state index contributed by atoms with van der Waals surface area (Å²) in [5.74, 6) is -2.87. The Labute approximate surface area is 297 Å². The number of carbonyl (C=O) groups is 3. The topological polar surface area (TPSA) is 156 Å². The van der Waals surface area contributed by atoms with Crippen molar-refractivity contribution in [2.45, 2.75) is 155 Å². The second-order valence-corrected chi connectivity index (χ2v) is 16.0. The smallest absolute Gasteiger partial charge is 0.344 e. The van der Waals surface area contributed by atoms with E-state index in [2.05, 4.69) is 12.1 Å². The van der Waals surface area contributed by atoms with E-state index in [1.807, 2.05) is 34.6 Å². The summed E-state index contributed by atoms with van der Waals surface area (Å²) in [5, 5.41) is 40.0. The molecule has 2 fully saturated rings. The first-order chi connectivity index (χ1) is 23.7. The van der Waals surface area contributed by atoms with E-state index in [0.29, 0.717) is 29.9 Å². The first kappa shape index (κ1) is 38.4. The van der Waals surface area contributed by atoms with Crippen molar-refractivity contribution in [2.24, 2.45) is 28.6 Å². The first-order valence-corrected chi connectivity index (χ1v) is 19.1. The van der Waals surface area contributed by atoms with E-state index < -0.39 is 64.6 Å². The minimum absolute atomic E-state index is 0.113. The zero-order valence-corrected chi connectivity index (χ0v) is 31.2.